The molecular formula is C30H36N2O6S. The number of benzene rings is 2. The lowest BCUT2D eigenvalue weighted by molar-refractivity contribution is -0.137. The summed E-state index contributed by atoms with van der Waals surface area (Å²) in [5.74, 6) is -0.910. The average molecular weight is 553 g/mol. The largest absolute Gasteiger partial charge is 0.481 e. The third kappa shape index (κ3) is 7.68. The second-order valence-corrected chi connectivity index (χ2v) is 11.5. The van der Waals surface area contributed by atoms with E-state index in [1.165, 1.54) is 19.1 Å². The van der Waals surface area contributed by atoms with Gasteiger partial charge in [0.25, 0.3) is 10.1 Å². The Bertz CT molecular complexity index is 1360. The fourth-order valence-corrected chi connectivity index (χ4v) is 5.38. The molecule has 1 atom stereocenters. The second-order valence-electron chi connectivity index (χ2n) is 10.1. The molecule has 0 bridgehead atoms. The lowest BCUT2D eigenvalue weighted by atomic mass is 9.80. The van der Waals surface area contributed by atoms with Gasteiger partial charge in [-0.3, -0.25) is 19.0 Å². The van der Waals surface area contributed by atoms with Gasteiger partial charge in [-0.1, -0.05) is 62.8 Å². The summed E-state index contributed by atoms with van der Waals surface area (Å²) in [4.78, 5) is 26.5. The number of allylic oxidation sites excluding steroid dienone is 4. The normalized spacial score (nSPS) is 16.8. The van der Waals surface area contributed by atoms with Crippen molar-refractivity contribution in [3.8, 4) is 0 Å². The van der Waals surface area contributed by atoms with Crippen molar-refractivity contribution in [2.45, 2.75) is 62.8 Å². The molecule has 2 N–H and O–H groups in total. The van der Waals surface area contributed by atoms with E-state index in [9.17, 15) is 22.6 Å². The molecule has 208 valence electrons. The summed E-state index contributed by atoms with van der Waals surface area (Å²) in [7, 11) is -4.34. The van der Waals surface area contributed by atoms with Crippen molar-refractivity contribution in [2.75, 3.05) is 16.3 Å². The van der Waals surface area contributed by atoms with E-state index >= 15 is 0 Å². The summed E-state index contributed by atoms with van der Waals surface area (Å²) in [6, 6.07) is 13.9. The molecule has 1 aliphatic rings. The number of aliphatic carboxylic acids is 1. The van der Waals surface area contributed by atoms with Gasteiger partial charge in [-0.05, 0) is 54.8 Å². The molecule has 0 aromatic heterocycles. The van der Waals surface area contributed by atoms with Crippen LogP contribution in [0.15, 0.2) is 90.0 Å². The van der Waals surface area contributed by atoms with Crippen LogP contribution in [0.3, 0.4) is 0 Å². The van der Waals surface area contributed by atoms with Crippen LogP contribution in [0, 0.1) is 0 Å². The van der Waals surface area contributed by atoms with Crippen molar-refractivity contribution in [2.24, 2.45) is 0 Å². The van der Waals surface area contributed by atoms with Gasteiger partial charge in [-0.2, -0.15) is 8.42 Å². The highest BCUT2D eigenvalue weighted by Crippen LogP contribution is 2.46. The van der Waals surface area contributed by atoms with Crippen molar-refractivity contribution in [3.63, 3.8) is 0 Å². The van der Waals surface area contributed by atoms with E-state index in [1.54, 1.807) is 23.2 Å². The molecule has 1 aliphatic heterocycles. The number of hydrogen-bond acceptors (Lipinski definition) is 5. The number of carboxylic acids is 1. The first kappa shape index (κ1) is 29.9. The van der Waals surface area contributed by atoms with E-state index in [0.717, 1.165) is 29.8 Å². The van der Waals surface area contributed by atoms with Gasteiger partial charge in [0.05, 0.1) is 10.9 Å². The molecule has 1 unspecified atom stereocenters. The second kappa shape index (κ2) is 12.9. The molecule has 0 spiro atoms. The van der Waals surface area contributed by atoms with Crippen LogP contribution in [-0.4, -0.2) is 42.5 Å². The van der Waals surface area contributed by atoms with Crippen LogP contribution in [0.4, 0.5) is 11.4 Å². The Hall–Kier alpha value is -3.69. The number of amides is 1. The molecule has 1 heterocycles. The number of fused-ring (bicyclic) bond motifs is 1. The van der Waals surface area contributed by atoms with E-state index < -0.39 is 21.5 Å². The molecule has 2 aromatic rings. The fraction of sp³-hybridized carbons (Fsp3) is 0.333. The summed E-state index contributed by atoms with van der Waals surface area (Å²) < 4.78 is 33.2. The molecule has 3 rings (SSSR count). The molecule has 0 aliphatic carbocycles. The van der Waals surface area contributed by atoms with Gasteiger partial charge in [-0.15, -0.1) is 0 Å². The van der Waals surface area contributed by atoms with Crippen molar-refractivity contribution < 1.29 is 27.7 Å². The summed E-state index contributed by atoms with van der Waals surface area (Å²) in [6.45, 7) is 6.25. The Morgan fingerprint density at radius 1 is 1.00 bits per heavy atom. The molecule has 0 fully saturated rings. The average Bonchev–Trinajstić information content (AvgIpc) is 3.08. The van der Waals surface area contributed by atoms with Gasteiger partial charge in [-0.25, -0.2) is 0 Å². The summed E-state index contributed by atoms with van der Waals surface area (Å²) in [5, 5.41) is 8.91. The Labute approximate surface area is 230 Å². The van der Waals surface area contributed by atoms with Crippen LogP contribution in [0.5, 0.6) is 0 Å². The Morgan fingerprint density at radius 3 is 2.33 bits per heavy atom. The molecule has 39 heavy (non-hydrogen) atoms. The summed E-state index contributed by atoms with van der Waals surface area (Å²) in [6.07, 6.45) is 13.4. The van der Waals surface area contributed by atoms with Crippen molar-refractivity contribution in [1.82, 2.24) is 0 Å². The minimum absolute atomic E-state index is 0.102. The number of para-hydroxylation sites is 1. The maximum absolute atomic E-state index is 12.0. The molecule has 0 saturated heterocycles. The monoisotopic (exact) mass is 552 g/mol. The SMILES string of the molecule is CC(=O)N(/C=C/C=C/C=C/C1N(CCCCCC(=O)O)c2ccc(S(=O)(=O)O)cc2C1(C)C)c1ccccc1. The minimum Gasteiger partial charge on any atom is -0.481 e. The third-order valence-electron chi connectivity index (χ3n) is 6.87. The number of unbranched alkanes of at least 4 members (excludes halogenated alkanes) is 2. The Kier molecular flexibility index (Phi) is 9.88. The maximum atomic E-state index is 12.0. The topological polar surface area (TPSA) is 115 Å². The van der Waals surface area contributed by atoms with Crippen LogP contribution in [0.1, 0.15) is 52.0 Å². The third-order valence-corrected chi connectivity index (χ3v) is 7.72. The smallest absolute Gasteiger partial charge is 0.303 e. The van der Waals surface area contributed by atoms with E-state index in [-0.39, 0.29) is 23.3 Å². The zero-order valence-electron chi connectivity index (χ0n) is 22.5. The minimum atomic E-state index is -4.34. The number of hydrogen-bond donors (Lipinski definition) is 2. The van der Waals surface area contributed by atoms with Crippen LogP contribution in [0.25, 0.3) is 0 Å². The molecule has 9 heteroatoms. The van der Waals surface area contributed by atoms with Crippen LogP contribution < -0.4 is 9.80 Å². The number of carboxylic acid groups (broad SMARTS) is 1. The highest BCUT2D eigenvalue weighted by atomic mass is 32.2. The van der Waals surface area contributed by atoms with E-state index in [2.05, 4.69) is 11.0 Å². The van der Waals surface area contributed by atoms with Gasteiger partial charge >= 0.3 is 5.97 Å². The molecule has 2 aromatic carbocycles. The number of carbonyl (C=O) groups excluding carboxylic acids is 1. The van der Waals surface area contributed by atoms with E-state index in [4.69, 9.17) is 5.11 Å². The van der Waals surface area contributed by atoms with Gasteiger partial charge in [0.2, 0.25) is 5.91 Å². The number of anilines is 2. The Balaban J connectivity index is 1.80. The van der Waals surface area contributed by atoms with Gasteiger partial charge in [0.1, 0.15) is 0 Å². The first-order valence-electron chi connectivity index (χ1n) is 12.9. The maximum Gasteiger partial charge on any atom is 0.303 e. The Morgan fingerprint density at radius 2 is 1.69 bits per heavy atom. The van der Waals surface area contributed by atoms with Crippen molar-refractivity contribution in [3.05, 3.63) is 90.7 Å². The highest BCUT2D eigenvalue weighted by molar-refractivity contribution is 7.85. The van der Waals surface area contributed by atoms with Gasteiger partial charge < -0.3 is 10.0 Å². The number of carbonyl (C=O) groups is 2. The zero-order chi connectivity index (χ0) is 28.6. The van der Waals surface area contributed by atoms with E-state index in [0.29, 0.717) is 13.0 Å². The van der Waals surface area contributed by atoms with Gasteiger partial charge in [0.15, 0.2) is 0 Å². The molecule has 1 amide bonds. The first-order valence-corrected chi connectivity index (χ1v) is 14.3. The van der Waals surface area contributed by atoms with Crippen LogP contribution in [-0.2, 0) is 25.1 Å². The number of nitrogens with zero attached hydrogens (tertiary/aromatic N) is 2. The predicted molar refractivity (Wildman–Crippen MR) is 154 cm³/mol. The molecule has 8 nitrogen and oxygen atoms in total. The van der Waals surface area contributed by atoms with Crippen LogP contribution >= 0.6 is 0 Å². The molecule has 0 saturated carbocycles. The van der Waals surface area contributed by atoms with E-state index in [1.807, 2.05) is 62.4 Å². The first-order chi connectivity index (χ1) is 18.4. The van der Waals surface area contributed by atoms with Gasteiger partial charge in [0, 0.05) is 42.9 Å². The molecular weight excluding hydrogens is 516 g/mol. The lowest BCUT2D eigenvalue weighted by Crippen LogP contribution is -2.40. The highest BCUT2D eigenvalue weighted by Gasteiger charge is 2.43. The number of rotatable bonds is 12. The lowest BCUT2D eigenvalue weighted by Gasteiger charge is -2.32. The summed E-state index contributed by atoms with van der Waals surface area (Å²) >= 11 is 0. The summed E-state index contributed by atoms with van der Waals surface area (Å²) in [5.41, 5.74) is 2.03. The predicted octanol–water partition coefficient (Wildman–Crippen LogP) is 5.72. The zero-order valence-corrected chi connectivity index (χ0v) is 23.3. The van der Waals surface area contributed by atoms with Crippen molar-refractivity contribution in [1.29, 1.82) is 0 Å². The van der Waals surface area contributed by atoms with Crippen molar-refractivity contribution >= 4 is 33.4 Å². The molecule has 0 radical (unpaired) electrons. The standard InChI is InChI=1S/C30H36N2O6S/c1-23(33)31(24-14-8-6-9-15-24)20-12-5-4-10-16-28-30(2,3)26-22-25(39(36,37)38)18-19-27(26)32(28)21-13-7-11-17-29(34)35/h4-6,8-10,12,14-16,18-20,22,28H,7,11,13,17,21H2,1-3H3,(H,34,35)(H,36,37,38)/b5-4+,16-10+,20-12+. The quantitative estimate of drug-likeness (QED) is 0.196. The van der Waals surface area contributed by atoms with Crippen LogP contribution in [0.2, 0.25) is 0 Å². The fourth-order valence-electron chi connectivity index (χ4n) is 4.87.